The largest absolute Gasteiger partial charge is 0.307 e. The third kappa shape index (κ3) is 4.05. The van der Waals surface area contributed by atoms with E-state index >= 15 is 0 Å². The molecule has 1 fully saturated rings. The van der Waals surface area contributed by atoms with Crippen LogP contribution < -0.4 is 5.32 Å². The summed E-state index contributed by atoms with van der Waals surface area (Å²) in [6, 6.07) is 11.5. The molecule has 1 aromatic carbocycles. The second-order valence-corrected chi connectivity index (χ2v) is 8.05. The highest BCUT2D eigenvalue weighted by Gasteiger charge is 2.26. The lowest BCUT2D eigenvalue weighted by atomic mass is 10.2. The van der Waals surface area contributed by atoms with E-state index in [4.69, 9.17) is 0 Å². The molecule has 1 aromatic heterocycles. The van der Waals surface area contributed by atoms with Crippen molar-refractivity contribution < 1.29 is 13.2 Å². The topological polar surface area (TPSA) is 79.4 Å². The highest BCUT2D eigenvalue weighted by molar-refractivity contribution is 7.89. The number of carbonyl (C=O) groups excluding carboxylic acids is 1. The Bertz CT molecular complexity index is 875. The number of anilines is 1. The highest BCUT2D eigenvalue weighted by Crippen LogP contribution is 2.21. The Morgan fingerprint density at radius 1 is 1.08 bits per heavy atom. The molecule has 0 unspecified atom stereocenters. The number of nitrogens with one attached hydrogen (secondary N) is 1. The third-order valence-electron chi connectivity index (χ3n) is 4.18. The van der Waals surface area contributed by atoms with Gasteiger partial charge >= 0.3 is 0 Å². The second-order valence-electron chi connectivity index (χ2n) is 6.11. The van der Waals surface area contributed by atoms with Crippen LogP contribution in [0.15, 0.2) is 47.4 Å². The van der Waals surface area contributed by atoms with Crippen molar-refractivity contribution in [1.82, 2.24) is 9.29 Å². The molecule has 0 bridgehead atoms. The number of sulfonamides is 1. The molecule has 0 saturated carbocycles. The molecule has 2 heterocycles. The zero-order chi connectivity index (χ0) is 17.9. The lowest BCUT2D eigenvalue weighted by molar-refractivity contribution is 0.102. The van der Waals surface area contributed by atoms with Crippen molar-refractivity contribution >= 4 is 21.7 Å². The maximum absolute atomic E-state index is 12.7. The molecular formula is C18H21N3O3S. The van der Waals surface area contributed by atoms with Crippen LogP contribution in [-0.4, -0.2) is 36.7 Å². The number of pyridine rings is 1. The van der Waals surface area contributed by atoms with Gasteiger partial charge in [0.25, 0.3) is 5.91 Å². The summed E-state index contributed by atoms with van der Waals surface area (Å²) < 4.78 is 27.0. The van der Waals surface area contributed by atoms with E-state index in [9.17, 15) is 13.2 Å². The minimum Gasteiger partial charge on any atom is -0.307 e. The number of nitrogens with zero attached hydrogens (tertiary/aromatic N) is 2. The Labute approximate surface area is 147 Å². The summed E-state index contributed by atoms with van der Waals surface area (Å²) >= 11 is 0. The van der Waals surface area contributed by atoms with Crippen molar-refractivity contribution in [3.63, 3.8) is 0 Å². The van der Waals surface area contributed by atoms with Crippen LogP contribution in [0.5, 0.6) is 0 Å². The maximum atomic E-state index is 12.7. The summed E-state index contributed by atoms with van der Waals surface area (Å²) in [5.41, 5.74) is 1.08. The van der Waals surface area contributed by atoms with E-state index in [0.29, 0.717) is 24.5 Å². The zero-order valence-electron chi connectivity index (χ0n) is 14.1. The number of hydrogen-bond donors (Lipinski definition) is 1. The molecule has 25 heavy (non-hydrogen) atoms. The molecule has 1 saturated heterocycles. The van der Waals surface area contributed by atoms with Gasteiger partial charge in [0.2, 0.25) is 10.0 Å². The molecule has 132 valence electrons. The van der Waals surface area contributed by atoms with Gasteiger partial charge in [-0.1, -0.05) is 18.6 Å². The fourth-order valence-corrected chi connectivity index (χ4v) is 4.42. The van der Waals surface area contributed by atoms with Gasteiger partial charge in [-0.15, -0.1) is 0 Å². The minimum atomic E-state index is -3.56. The van der Waals surface area contributed by atoms with E-state index < -0.39 is 10.0 Å². The van der Waals surface area contributed by atoms with Gasteiger partial charge in [0.1, 0.15) is 5.82 Å². The normalized spacial score (nSPS) is 15.7. The number of aryl methyl sites for hydroxylation is 1. The van der Waals surface area contributed by atoms with E-state index in [1.54, 1.807) is 24.3 Å². The maximum Gasteiger partial charge on any atom is 0.256 e. The van der Waals surface area contributed by atoms with Gasteiger partial charge in [0, 0.05) is 24.3 Å². The van der Waals surface area contributed by atoms with E-state index in [1.807, 2.05) is 13.0 Å². The van der Waals surface area contributed by atoms with Crippen molar-refractivity contribution in [2.75, 3.05) is 18.4 Å². The van der Waals surface area contributed by atoms with Crippen LogP contribution in [0.1, 0.15) is 35.3 Å². The SMILES string of the molecule is Cc1cccc(NC(=O)c2cccc(S(=O)(=O)N3CCCCC3)c2)n1. The highest BCUT2D eigenvalue weighted by atomic mass is 32.2. The standard InChI is InChI=1S/C18H21N3O3S/c1-14-7-5-10-17(19-14)20-18(22)15-8-6-9-16(13-15)25(23,24)21-11-3-2-4-12-21/h5-10,13H,2-4,11-12H2,1H3,(H,19,20,22). The first-order valence-electron chi connectivity index (χ1n) is 8.32. The predicted octanol–water partition coefficient (Wildman–Crippen LogP) is 2.82. The zero-order valence-corrected chi connectivity index (χ0v) is 14.9. The smallest absolute Gasteiger partial charge is 0.256 e. The summed E-state index contributed by atoms with van der Waals surface area (Å²) in [5, 5.41) is 2.70. The average Bonchev–Trinajstić information content (AvgIpc) is 2.62. The molecule has 1 aliphatic heterocycles. The van der Waals surface area contributed by atoms with E-state index in [0.717, 1.165) is 25.0 Å². The van der Waals surface area contributed by atoms with Crippen molar-refractivity contribution in [2.45, 2.75) is 31.1 Å². The second kappa shape index (κ2) is 7.33. The lowest BCUT2D eigenvalue weighted by Gasteiger charge is -2.26. The van der Waals surface area contributed by atoms with Crippen LogP contribution in [0.2, 0.25) is 0 Å². The van der Waals surface area contributed by atoms with Crippen LogP contribution in [0, 0.1) is 6.92 Å². The molecule has 1 aliphatic rings. The Morgan fingerprint density at radius 3 is 2.52 bits per heavy atom. The first-order chi connectivity index (χ1) is 12.0. The van der Waals surface area contributed by atoms with Crippen LogP contribution in [0.25, 0.3) is 0 Å². The molecule has 1 amide bonds. The van der Waals surface area contributed by atoms with Gasteiger partial charge in [-0.3, -0.25) is 4.79 Å². The van der Waals surface area contributed by atoms with E-state index in [1.165, 1.54) is 16.4 Å². The summed E-state index contributed by atoms with van der Waals surface area (Å²) in [6.07, 6.45) is 2.80. The molecule has 2 aromatic rings. The van der Waals surface area contributed by atoms with Crippen LogP contribution in [0.4, 0.5) is 5.82 Å². The summed E-state index contributed by atoms with van der Waals surface area (Å²) in [7, 11) is -3.56. The Morgan fingerprint density at radius 2 is 1.80 bits per heavy atom. The van der Waals surface area contributed by atoms with Gasteiger partial charge < -0.3 is 5.32 Å². The summed E-state index contributed by atoms with van der Waals surface area (Å²) in [5.74, 6) is 0.0584. The molecular weight excluding hydrogens is 338 g/mol. The number of hydrogen-bond acceptors (Lipinski definition) is 4. The van der Waals surface area contributed by atoms with Crippen LogP contribution in [-0.2, 0) is 10.0 Å². The van der Waals surface area contributed by atoms with E-state index in [-0.39, 0.29) is 10.8 Å². The Kier molecular flexibility index (Phi) is 5.15. The number of piperidine rings is 1. The molecule has 0 atom stereocenters. The molecule has 0 radical (unpaired) electrons. The summed E-state index contributed by atoms with van der Waals surface area (Å²) in [4.78, 5) is 16.8. The number of benzene rings is 1. The van der Waals surface area contributed by atoms with Crippen molar-refractivity contribution in [1.29, 1.82) is 0 Å². The number of amides is 1. The van der Waals surface area contributed by atoms with Crippen molar-refractivity contribution in [3.8, 4) is 0 Å². The Balaban J connectivity index is 1.82. The Hall–Kier alpha value is -2.25. The van der Waals surface area contributed by atoms with Gasteiger partial charge in [-0.2, -0.15) is 4.31 Å². The molecule has 0 spiro atoms. The molecule has 6 nitrogen and oxygen atoms in total. The van der Waals surface area contributed by atoms with Gasteiger partial charge in [0.05, 0.1) is 4.90 Å². The molecule has 0 aliphatic carbocycles. The molecule has 1 N–H and O–H groups in total. The van der Waals surface area contributed by atoms with Gasteiger partial charge in [0.15, 0.2) is 0 Å². The summed E-state index contributed by atoms with van der Waals surface area (Å²) in [6.45, 7) is 2.90. The minimum absolute atomic E-state index is 0.152. The number of rotatable bonds is 4. The van der Waals surface area contributed by atoms with Gasteiger partial charge in [-0.05, 0) is 50.1 Å². The lowest BCUT2D eigenvalue weighted by Crippen LogP contribution is -2.35. The van der Waals surface area contributed by atoms with Crippen molar-refractivity contribution in [2.24, 2.45) is 0 Å². The van der Waals surface area contributed by atoms with Crippen molar-refractivity contribution in [3.05, 3.63) is 53.7 Å². The fraction of sp³-hybridized carbons (Fsp3) is 0.333. The van der Waals surface area contributed by atoms with E-state index in [2.05, 4.69) is 10.3 Å². The van der Waals surface area contributed by atoms with Crippen LogP contribution in [0.3, 0.4) is 0 Å². The number of carbonyl (C=O) groups is 1. The van der Waals surface area contributed by atoms with Gasteiger partial charge in [-0.25, -0.2) is 13.4 Å². The average molecular weight is 359 g/mol. The number of aromatic nitrogens is 1. The monoisotopic (exact) mass is 359 g/mol. The fourth-order valence-electron chi connectivity index (χ4n) is 2.85. The first-order valence-corrected chi connectivity index (χ1v) is 9.76. The molecule has 7 heteroatoms. The third-order valence-corrected chi connectivity index (χ3v) is 6.07. The quantitative estimate of drug-likeness (QED) is 0.910. The predicted molar refractivity (Wildman–Crippen MR) is 96.0 cm³/mol. The van der Waals surface area contributed by atoms with Crippen LogP contribution >= 0.6 is 0 Å². The molecule has 3 rings (SSSR count). The first kappa shape index (κ1) is 17.6.